The van der Waals surface area contributed by atoms with E-state index in [9.17, 15) is 4.79 Å². The van der Waals surface area contributed by atoms with Crippen molar-refractivity contribution in [1.82, 2.24) is 10.6 Å². The van der Waals surface area contributed by atoms with Gasteiger partial charge in [-0.2, -0.15) is 0 Å². The van der Waals surface area contributed by atoms with Gasteiger partial charge in [0.25, 0.3) is 5.91 Å². The highest BCUT2D eigenvalue weighted by atomic mass is 35.5. The normalized spacial score (nSPS) is 16.7. The predicted octanol–water partition coefficient (Wildman–Crippen LogP) is 3.77. The maximum absolute atomic E-state index is 12.6. The van der Waals surface area contributed by atoms with Gasteiger partial charge in [-0.25, -0.2) is 0 Å². The lowest BCUT2D eigenvalue weighted by Gasteiger charge is -2.24. The van der Waals surface area contributed by atoms with E-state index in [4.69, 9.17) is 26.8 Å². The lowest BCUT2D eigenvalue weighted by Crippen LogP contribution is -2.45. The van der Waals surface area contributed by atoms with E-state index in [1.807, 2.05) is 0 Å². The maximum Gasteiger partial charge on any atom is 0.255 e. The van der Waals surface area contributed by atoms with Gasteiger partial charge >= 0.3 is 0 Å². The highest BCUT2D eigenvalue weighted by Crippen LogP contribution is 2.29. The molecule has 0 bridgehead atoms. The number of morpholine rings is 1. The molecule has 6 nitrogen and oxygen atoms in total. The van der Waals surface area contributed by atoms with Gasteiger partial charge in [-0.15, -0.1) is 0 Å². The first kappa shape index (κ1) is 22.8. The predicted molar refractivity (Wildman–Crippen MR) is 114 cm³/mol. The van der Waals surface area contributed by atoms with Gasteiger partial charge < -0.3 is 25.8 Å². The first-order chi connectivity index (χ1) is 13.6. The van der Waals surface area contributed by atoms with Crippen LogP contribution in [0.3, 0.4) is 0 Å². The molecule has 1 aliphatic heterocycles. The van der Waals surface area contributed by atoms with E-state index in [1.165, 1.54) is 32.1 Å². The zero-order valence-corrected chi connectivity index (χ0v) is 17.7. The second-order valence-corrected chi connectivity index (χ2v) is 7.65. The van der Waals surface area contributed by atoms with E-state index in [2.05, 4.69) is 17.6 Å². The number of unbranched alkanes of at least 4 members (excludes halogenated alkanes) is 6. The highest BCUT2D eigenvalue weighted by Gasteiger charge is 2.18. The maximum atomic E-state index is 12.6. The number of anilines is 1. The lowest BCUT2D eigenvalue weighted by molar-refractivity contribution is 0.0287. The molecule has 1 heterocycles. The Hall–Kier alpha value is -1.50. The van der Waals surface area contributed by atoms with Gasteiger partial charge in [0, 0.05) is 25.7 Å². The van der Waals surface area contributed by atoms with Crippen LogP contribution in [-0.2, 0) is 4.74 Å². The number of nitrogens with two attached hydrogens (primary N) is 1. The van der Waals surface area contributed by atoms with E-state index >= 15 is 0 Å². The summed E-state index contributed by atoms with van der Waals surface area (Å²) < 4.78 is 11.5. The van der Waals surface area contributed by atoms with Crippen LogP contribution in [-0.4, -0.2) is 44.9 Å². The first-order valence-corrected chi connectivity index (χ1v) is 10.8. The highest BCUT2D eigenvalue weighted by molar-refractivity contribution is 6.33. The Labute approximate surface area is 173 Å². The van der Waals surface area contributed by atoms with Crippen LogP contribution < -0.4 is 21.1 Å². The molecule has 1 aromatic rings. The second-order valence-electron chi connectivity index (χ2n) is 7.25. The summed E-state index contributed by atoms with van der Waals surface area (Å²) in [6, 6.07) is 3.21. The first-order valence-electron chi connectivity index (χ1n) is 10.4. The molecular weight excluding hydrogens is 378 g/mol. The number of rotatable bonds is 12. The van der Waals surface area contributed by atoms with Crippen molar-refractivity contribution in [3.05, 3.63) is 22.7 Å². The number of amides is 1. The van der Waals surface area contributed by atoms with Crippen molar-refractivity contribution >= 4 is 23.2 Å². The number of hydrogen-bond acceptors (Lipinski definition) is 5. The van der Waals surface area contributed by atoms with E-state index in [-0.39, 0.29) is 12.0 Å². The van der Waals surface area contributed by atoms with E-state index in [1.54, 1.807) is 12.1 Å². The molecule has 7 heteroatoms. The molecule has 0 saturated carbocycles. The molecule has 0 aliphatic carbocycles. The summed E-state index contributed by atoms with van der Waals surface area (Å²) in [6.07, 6.45) is 8.41. The average molecular weight is 412 g/mol. The molecule has 2 rings (SSSR count). The number of benzene rings is 1. The number of nitrogens with one attached hydrogen (secondary N) is 2. The fraction of sp³-hybridized carbons (Fsp3) is 0.667. The van der Waals surface area contributed by atoms with Gasteiger partial charge in [0.1, 0.15) is 5.75 Å². The Morgan fingerprint density at radius 2 is 2.04 bits per heavy atom. The minimum atomic E-state index is -0.231. The second kappa shape index (κ2) is 12.9. The third-order valence-electron chi connectivity index (χ3n) is 4.84. The SMILES string of the molecule is CCCCCCCCCOc1cc(N)c(Cl)cc1C(=O)NCC1CNCCO1. The zero-order valence-electron chi connectivity index (χ0n) is 16.9. The molecule has 1 aliphatic rings. The molecule has 0 radical (unpaired) electrons. The average Bonchev–Trinajstić information content (AvgIpc) is 2.71. The molecule has 1 unspecified atom stereocenters. The topological polar surface area (TPSA) is 85.6 Å². The molecule has 1 saturated heterocycles. The Bertz CT molecular complexity index is 607. The molecule has 0 spiro atoms. The van der Waals surface area contributed by atoms with Crippen LogP contribution in [0.4, 0.5) is 5.69 Å². The molecule has 0 aromatic heterocycles. The zero-order chi connectivity index (χ0) is 20.2. The quantitative estimate of drug-likeness (QED) is 0.360. The smallest absolute Gasteiger partial charge is 0.255 e. The summed E-state index contributed by atoms with van der Waals surface area (Å²) in [5.41, 5.74) is 6.73. The Morgan fingerprint density at radius 1 is 1.29 bits per heavy atom. The van der Waals surface area contributed by atoms with Crippen molar-refractivity contribution in [3.63, 3.8) is 0 Å². The van der Waals surface area contributed by atoms with E-state index in [0.29, 0.717) is 41.8 Å². The molecular formula is C21H34ClN3O3. The number of carbonyl (C=O) groups is 1. The summed E-state index contributed by atoms with van der Waals surface area (Å²) >= 11 is 6.13. The van der Waals surface area contributed by atoms with Crippen LogP contribution in [0.15, 0.2) is 12.1 Å². The van der Waals surface area contributed by atoms with Gasteiger partial charge in [0.05, 0.1) is 35.6 Å². The Morgan fingerprint density at radius 3 is 2.75 bits per heavy atom. The minimum Gasteiger partial charge on any atom is -0.493 e. The van der Waals surface area contributed by atoms with Crippen molar-refractivity contribution < 1.29 is 14.3 Å². The van der Waals surface area contributed by atoms with Crippen molar-refractivity contribution in [1.29, 1.82) is 0 Å². The molecule has 158 valence electrons. The molecule has 1 atom stereocenters. The number of hydrogen-bond donors (Lipinski definition) is 3. The van der Waals surface area contributed by atoms with E-state index < -0.39 is 0 Å². The number of ether oxygens (including phenoxy) is 2. The number of nitrogen functional groups attached to an aromatic ring is 1. The molecule has 1 amide bonds. The minimum absolute atomic E-state index is 0.0287. The van der Waals surface area contributed by atoms with Crippen molar-refractivity contribution in [2.45, 2.75) is 58.0 Å². The summed E-state index contributed by atoms with van der Waals surface area (Å²) in [5, 5.41) is 6.50. The summed E-state index contributed by atoms with van der Waals surface area (Å²) in [6.45, 7) is 5.44. The largest absolute Gasteiger partial charge is 0.493 e. The fourth-order valence-corrected chi connectivity index (χ4v) is 3.32. The van der Waals surface area contributed by atoms with Crippen molar-refractivity contribution in [3.8, 4) is 5.75 Å². The van der Waals surface area contributed by atoms with Crippen LogP contribution in [0.25, 0.3) is 0 Å². The molecule has 1 aromatic carbocycles. The van der Waals surface area contributed by atoms with Gasteiger partial charge in [-0.05, 0) is 12.5 Å². The van der Waals surface area contributed by atoms with Crippen LogP contribution in [0, 0.1) is 0 Å². The van der Waals surface area contributed by atoms with Crippen LogP contribution >= 0.6 is 11.6 Å². The number of halogens is 1. The summed E-state index contributed by atoms with van der Waals surface area (Å²) in [4.78, 5) is 12.6. The van der Waals surface area contributed by atoms with Crippen LogP contribution in [0.2, 0.25) is 5.02 Å². The third-order valence-corrected chi connectivity index (χ3v) is 5.17. The molecule has 28 heavy (non-hydrogen) atoms. The fourth-order valence-electron chi connectivity index (χ4n) is 3.16. The third kappa shape index (κ3) is 7.86. The Balaban J connectivity index is 1.83. The van der Waals surface area contributed by atoms with Crippen LogP contribution in [0.5, 0.6) is 5.75 Å². The van der Waals surface area contributed by atoms with Gasteiger partial charge in [-0.3, -0.25) is 4.79 Å². The van der Waals surface area contributed by atoms with Gasteiger partial charge in [0.2, 0.25) is 0 Å². The summed E-state index contributed by atoms with van der Waals surface area (Å²) in [7, 11) is 0. The lowest BCUT2D eigenvalue weighted by atomic mass is 10.1. The van der Waals surface area contributed by atoms with Crippen LogP contribution in [0.1, 0.15) is 62.2 Å². The molecule has 4 N–H and O–H groups in total. The summed E-state index contributed by atoms with van der Waals surface area (Å²) in [5.74, 6) is 0.249. The van der Waals surface area contributed by atoms with Gasteiger partial charge in [0.15, 0.2) is 0 Å². The number of carbonyl (C=O) groups excluding carboxylic acids is 1. The van der Waals surface area contributed by atoms with Crippen molar-refractivity contribution in [2.75, 3.05) is 38.6 Å². The van der Waals surface area contributed by atoms with E-state index in [0.717, 1.165) is 25.9 Å². The van der Waals surface area contributed by atoms with Crippen molar-refractivity contribution in [2.24, 2.45) is 0 Å². The Kier molecular flexibility index (Phi) is 10.5. The standard InChI is InChI=1S/C21H34ClN3O3/c1-2-3-4-5-6-7-8-10-28-20-13-19(23)18(22)12-17(20)21(26)25-15-16-14-24-9-11-27-16/h12-13,16,24H,2-11,14-15,23H2,1H3,(H,25,26). The van der Waals surface area contributed by atoms with Gasteiger partial charge in [-0.1, -0.05) is 57.0 Å². The molecule has 1 fully saturated rings. The monoisotopic (exact) mass is 411 g/mol.